The Bertz CT molecular complexity index is 146. The molecular weight excluding hydrogens is 140 g/mol. The minimum atomic E-state index is -1.31. The molecule has 0 saturated heterocycles. The molecule has 0 fully saturated rings. The van der Waals surface area contributed by atoms with Gasteiger partial charge in [0.25, 0.3) is 0 Å². The highest BCUT2D eigenvalue weighted by atomic mass is 16.5. The van der Waals surface area contributed by atoms with E-state index in [9.17, 15) is 9.59 Å². The monoisotopic (exact) mass is 148 g/mol. The minimum Gasteiger partial charge on any atom is -0.464 e. The lowest BCUT2D eigenvalue weighted by atomic mass is 11.0. The summed E-state index contributed by atoms with van der Waals surface area (Å²) in [5.74, 6) is 0. The zero-order chi connectivity index (χ0) is 8.15. The third-order valence-corrected chi connectivity index (χ3v) is 0.712. The molecule has 0 aromatic carbocycles. The molecule has 0 rings (SSSR count). The number of rotatable bonds is 0. The quantitative estimate of drug-likeness (QED) is 0.469. The van der Waals surface area contributed by atoms with E-state index in [1.165, 1.54) is 7.05 Å². The van der Waals surface area contributed by atoms with Crippen molar-refractivity contribution in [2.24, 2.45) is 0 Å². The average molecular weight is 148 g/mol. The predicted molar refractivity (Wildman–Crippen MR) is 31.3 cm³/mol. The van der Waals surface area contributed by atoms with Crippen LogP contribution in [0.5, 0.6) is 0 Å². The van der Waals surface area contributed by atoms with Gasteiger partial charge >= 0.3 is 12.2 Å². The molecule has 0 aliphatic heterocycles. The number of hydrogen-bond donors (Lipinski definition) is 2. The molecule has 0 heterocycles. The van der Waals surface area contributed by atoms with Gasteiger partial charge in [0.05, 0.1) is 7.11 Å². The summed E-state index contributed by atoms with van der Waals surface area (Å²) in [6, 6.07) is 0. The molecule has 0 radical (unpaired) electrons. The summed E-state index contributed by atoms with van der Waals surface area (Å²) in [6.07, 6.45) is -2.07. The van der Waals surface area contributed by atoms with Crippen LogP contribution in [-0.2, 0) is 4.74 Å². The fourth-order valence-electron chi connectivity index (χ4n) is 0.326. The zero-order valence-electron chi connectivity index (χ0n) is 5.62. The number of carbonyl (C=O) groups excluding carboxylic acids is 1. The molecule has 0 aromatic rings. The molecule has 2 N–H and O–H groups in total. The van der Waals surface area contributed by atoms with Crippen LogP contribution < -0.4 is 5.43 Å². The summed E-state index contributed by atoms with van der Waals surface area (Å²) in [5.41, 5.74) is 1.77. The summed E-state index contributed by atoms with van der Waals surface area (Å²) >= 11 is 0. The number of ether oxygens (including phenoxy) is 1. The molecule has 58 valence electrons. The number of hydrogen-bond acceptors (Lipinski definition) is 3. The Morgan fingerprint density at radius 2 is 2.10 bits per heavy atom. The molecule has 6 heteroatoms. The first-order valence-corrected chi connectivity index (χ1v) is 2.39. The molecule has 0 aromatic heterocycles. The molecule has 0 spiro atoms. The van der Waals surface area contributed by atoms with Crippen molar-refractivity contribution in [3.8, 4) is 0 Å². The van der Waals surface area contributed by atoms with E-state index in [4.69, 9.17) is 5.11 Å². The average Bonchev–Trinajstić information content (AvgIpc) is 1.85. The number of carboxylic acid groups (broad SMARTS) is 1. The highest BCUT2D eigenvalue weighted by Gasteiger charge is 2.08. The van der Waals surface area contributed by atoms with Gasteiger partial charge in [0, 0.05) is 7.05 Å². The van der Waals surface area contributed by atoms with Crippen molar-refractivity contribution in [2.75, 3.05) is 14.2 Å². The maximum absolute atomic E-state index is 10.4. The second kappa shape index (κ2) is 3.54. The Hall–Kier alpha value is -1.46. The number of carbonyl (C=O) groups is 2. The molecule has 0 bridgehead atoms. The van der Waals surface area contributed by atoms with Crippen molar-refractivity contribution in [1.29, 1.82) is 0 Å². The van der Waals surface area contributed by atoms with Crippen molar-refractivity contribution in [3.63, 3.8) is 0 Å². The first-order valence-electron chi connectivity index (χ1n) is 2.39. The Kier molecular flexibility index (Phi) is 3.03. The third-order valence-electron chi connectivity index (χ3n) is 0.712. The number of nitrogens with one attached hydrogen (secondary N) is 1. The van der Waals surface area contributed by atoms with Gasteiger partial charge in [0.15, 0.2) is 0 Å². The van der Waals surface area contributed by atoms with Crippen LogP contribution in [0.2, 0.25) is 0 Å². The normalized spacial score (nSPS) is 8.20. The number of nitrogens with zero attached hydrogens (tertiary/aromatic N) is 1. The van der Waals surface area contributed by atoms with Gasteiger partial charge in [0.2, 0.25) is 0 Å². The van der Waals surface area contributed by atoms with Crippen LogP contribution in [-0.4, -0.2) is 36.5 Å². The summed E-state index contributed by atoms with van der Waals surface area (Å²) in [5, 5.41) is 8.78. The Morgan fingerprint density at radius 3 is 2.40 bits per heavy atom. The van der Waals surface area contributed by atoms with Crippen LogP contribution >= 0.6 is 0 Å². The molecular formula is C4H8N2O4. The molecule has 0 atom stereocenters. The topological polar surface area (TPSA) is 78.9 Å². The maximum Gasteiger partial charge on any atom is 0.428 e. The minimum absolute atomic E-state index is 0.711. The lowest BCUT2D eigenvalue weighted by molar-refractivity contribution is 0.107. The van der Waals surface area contributed by atoms with Crippen molar-refractivity contribution in [2.45, 2.75) is 0 Å². The highest BCUT2D eigenvalue weighted by Crippen LogP contribution is 1.81. The van der Waals surface area contributed by atoms with Crippen LogP contribution in [0.25, 0.3) is 0 Å². The predicted octanol–water partition coefficient (Wildman–Crippen LogP) is -0.133. The van der Waals surface area contributed by atoms with E-state index in [1.807, 2.05) is 0 Å². The third kappa shape index (κ3) is 2.75. The fraction of sp³-hybridized carbons (Fsp3) is 0.500. The van der Waals surface area contributed by atoms with E-state index in [0.29, 0.717) is 5.01 Å². The van der Waals surface area contributed by atoms with E-state index >= 15 is 0 Å². The number of methoxy groups -OCH3 is 1. The first kappa shape index (κ1) is 8.54. The smallest absolute Gasteiger partial charge is 0.428 e. The second-order valence-corrected chi connectivity index (χ2v) is 1.45. The molecule has 0 aliphatic carbocycles. The summed E-state index contributed by atoms with van der Waals surface area (Å²) in [7, 11) is 2.39. The van der Waals surface area contributed by atoms with Crippen LogP contribution in [0.4, 0.5) is 9.59 Å². The molecule has 6 nitrogen and oxygen atoms in total. The fourth-order valence-corrected chi connectivity index (χ4v) is 0.326. The molecule has 2 amide bonds. The Balaban J connectivity index is 3.72. The van der Waals surface area contributed by atoms with E-state index in [2.05, 4.69) is 4.74 Å². The Labute approximate surface area is 57.3 Å². The second-order valence-electron chi connectivity index (χ2n) is 1.45. The van der Waals surface area contributed by atoms with Crippen LogP contribution in [0.3, 0.4) is 0 Å². The Morgan fingerprint density at radius 1 is 1.60 bits per heavy atom. The first-order chi connectivity index (χ1) is 4.57. The van der Waals surface area contributed by atoms with E-state index in [1.54, 1.807) is 5.43 Å². The largest absolute Gasteiger partial charge is 0.464 e. The molecule has 0 saturated carbocycles. The van der Waals surface area contributed by atoms with Crippen molar-refractivity contribution in [3.05, 3.63) is 0 Å². The molecule has 0 unspecified atom stereocenters. The lowest BCUT2D eigenvalue weighted by Crippen LogP contribution is -2.42. The van der Waals surface area contributed by atoms with Gasteiger partial charge in [0.1, 0.15) is 0 Å². The lowest BCUT2D eigenvalue weighted by Gasteiger charge is -2.13. The number of hydrazine groups is 1. The van der Waals surface area contributed by atoms with Gasteiger partial charge < -0.3 is 9.84 Å². The van der Waals surface area contributed by atoms with Gasteiger partial charge in [-0.2, -0.15) is 0 Å². The SMILES string of the molecule is COC(=O)N(C)NC(=O)O. The highest BCUT2D eigenvalue weighted by molar-refractivity contribution is 5.72. The van der Waals surface area contributed by atoms with Gasteiger partial charge in [-0.05, 0) is 0 Å². The summed E-state index contributed by atoms with van der Waals surface area (Å²) < 4.78 is 4.17. The van der Waals surface area contributed by atoms with Gasteiger partial charge in [-0.3, -0.25) is 0 Å². The van der Waals surface area contributed by atoms with E-state index in [-0.39, 0.29) is 0 Å². The maximum atomic E-state index is 10.4. The standard InChI is InChI=1S/C4H8N2O4/c1-6(4(9)10-2)5-3(7)8/h5H,1-2H3,(H,7,8). The zero-order valence-corrected chi connectivity index (χ0v) is 5.62. The van der Waals surface area contributed by atoms with Gasteiger partial charge in [-0.25, -0.2) is 20.0 Å². The van der Waals surface area contributed by atoms with Crippen LogP contribution in [0.15, 0.2) is 0 Å². The van der Waals surface area contributed by atoms with Crippen molar-refractivity contribution < 1.29 is 19.4 Å². The number of amides is 2. The van der Waals surface area contributed by atoms with E-state index < -0.39 is 12.2 Å². The summed E-state index contributed by atoms with van der Waals surface area (Å²) in [4.78, 5) is 20.3. The van der Waals surface area contributed by atoms with Crippen molar-refractivity contribution in [1.82, 2.24) is 10.4 Å². The van der Waals surface area contributed by atoms with Crippen LogP contribution in [0, 0.1) is 0 Å². The van der Waals surface area contributed by atoms with Crippen LogP contribution in [0.1, 0.15) is 0 Å². The van der Waals surface area contributed by atoms with Crippen molar-refractivity contribution >= 4 is 12.2 Å². The molecule has 0 aliphatic rings. The van der Waals surface area contributed by atoms with Gasteiger partial charge in [-0.1, -0.05) is 0 Å². The van der Waals surface area contributed by atoms with E-state index in [0.717, 1.165) is 7.11 Å². The van der Waals surface area contributed by atoms with Gasteiger partial charge in [-0.15, -0.1) is 0 Å². The molecule has 10 heavy (non-hydrogen) atoms. The summed E-state index contributed by atoms with van der Waals surface area (Å²) in [6.45, 7) is 0.